The van der Waals surface area contributed by atoms with Crippen molar-refractivity contribution in [1.29, 1.82) is 5.26 Å². The molecule has 2 atom stereocenters. The molecule has 4 N–H and O–H groups in total. The van der Waals surface area contributed by atoms with Gasteiger partial charge in [-0.05, 0) is 49.7 Å². The molecule has 0 saturated carbocycles. The van der Waals surface area contributed by atoms with Crippen molar-refractivity contribution < 1.29 is 14.7 Å². The van der Waals surface area contributed by atoms with E-state index in [2.05, 4.69) is 16.2 Å². The number of carbonyl (C=O) groups excluding carboxylic acids is 2. The van der Waals surface area contributed by atoms with Gasteiger partial charge in [-0.3, -0.25) is 20.4 Å². The zero-order valence-corrected chi connectivity index (χ0v) is 17.7. The Morgan fingerprint density at radius 3 is 2.38 bits per heavy atom. The molecule has 0 aromatic heterocycles. The fourth-order valence-electron chi connectivity index (χ4n) is 2.41. The number of amides is 2. The highest BCUT2D eigenvalue weighted by Gasteiger charge is 2.25. The van der Waals surface area contributed by atoms with Crippen LogP contribution in [0.2, 0.25) is 15.1 Å². The molecular formula is C19H17Cl3N4O3. The molecule has 0 bridgehead atoms. The maximum atomic E-state index is 12.5. The normalized spacial score (nSPS) is 12.4. The number of nitrogens with one attached hydrogen (secondary N) is 3. The first kappa shape index (κ1) is 22.8. The van der Waals surface area contributed by atoms with Gasteiger partial charge in [0.1, 0.15) is 12.1 Å². The number of halogens is 3. The van der Waals surface area contributed by atoms with Gasteiger partial charge in [0, 0.05) is 11.3 Å². The summed E-state index contributed by atoms with van der Waals surface area (Å²) in [6, 6.07) is 8.20. The molecule has 10 heteroatoms. The first-order valence-electron chi connectivity index (χ1n) is 8.34. The van der Waals surface area contributed by atoms with Crippen molar-refractivity contribution in [2.24, 2.45) is 0 Å². The van der Waals surface area contributed by atoms with Gasteiger partial charge < -0.3 is 10.4 Å². The number of nitriles is 1. The Hall–Kier alpha value is -2.50. The zero-order valence-electron chi connectivity index (χ0n) is 15.4. The van der Waals surface area contributed by atoms with E-state index in [0.29, 0.717) is 21.8 Å². The molecule has 0 aliphatic heterocycles. The molecule has 0 heterocycles. The standard InChI is InChI=1S/C19H17Cl3N4O3/c1-9-15(6-4-12(8-23)16(9)22)24-17(10(2)27)19(29)26-25-18(28)11-3-5-13(20)14(21)7-11/h3-7,10,17,24,27H,1-2H3,(H,25,28)(H,26,29)/t10-,17+/m0/s1. The van der Waals surface area contributed by atoms with E-state index in [1.807, 2.05) is 6.07 Å². The summed E-state index contributed by atoms with van der Waals surface area (Å²) >= 11 is 17.8. The highest BCUT2D eigenvalue weighted by Crippen LogP contribution is 2.27. The number of aliphatic hydroxyl groups is 1. The maximum Gasteiger partial charge on any atom is 0.269 e. The van der Waals surface area contributed by atoms with Gasteiger partial charge in [-0.2, -0.15) is 5.26 Å². The third-order valence-corrected chi connectivity index (χ3v) is 5.29. The lowest BCUT2D eigenvalue weighted by Gasteiger charge is -2.23. The third-order valence-electron chi connectivity index (χ3n) is 4.06. The molecule has 0 aliphatic rings. The second-order valence-electron chi connectivity index (χ2n) is 6.15. The molecule has 0 radical (unpaired) electrons. The van der Waals surface area contributed by atoms with E-state index in [1.165, 1.54) is 31.2 Å². The van der Waals surface area contributed by atoms with Crippen LogP contribution >= 0.6 is 34.8 Å². The van der Waals surface area contributed by atoms with Crippen molar-refractivity contribution in [2.45, 2.75) is 26.0 Å². The minimum atomic E-state index is -1.11. The van der Waals surface area contributed by atoms with Crippen molar-refractivity contribution >= 4 is 52.3 Å². The SMILES string of the molecule is Cc1c(N[C@@H](C(=O)NNC(=O)c2ccc(Cl)c(Cl)c2)[C@H](C)O)ccc(C#N)c1Cl. The average Bonchev–Trinajstić information content (AvgIpc) is 2.68. The third kappa shape index (κ3) is 5.52. The van der Waals surface area contributed by atoms with Gasteiger partial charge in [0.25, 0.3) is 11.8 Å². The Labute approximate surface area is 182 Å². The summed E-state index contributed by atoms with van der Waals surface area (Å²) in [6.07, 6.45) is -1.11. The highest BCUT2D eigenvalue weighted by molar-refractivity contribution is 6.42. The summed E-state index contributed by atoms with van der Waals surface area (Å²) in [6.45, 7) is 3.09. The molecule has 2 amide bonds. The minimum Gasteiger partial charge on any atom is -0.391 e. The van der Waals surface area contributed by atoms with E-state index in [-0.39, 0.29) is 15.6 Å². The van der Waals surface area contributed by atoms with E-state index in [1.54, 1.807) is 13.0 Å². The van der Waals surface area contributed by atoms with Crippen molar-refractivity contribution in [2.75, 3.05) is 5.32 Å². The molecule has 0 unspecified atom stereocenters. The van der Waals surface area contributed by atoms with Crippen LogP contribution in [0.4, 0.5) is 5.69 Å². The van der Waals surface area contributed by atoms with Crippen LogP contribution in [-0.2, 0) is 4.79 Å². The Bertz CT molecular complexity index is 989. The number of nitrogens with zero attached hydrogens (tertiary/aromatic N) is 1. The van der Waals surface area contributed by atoms with Crippen LogP contribution in [0.5, 0.6) is 0 Å². The quantitative estimate of drug-likeness (QED) is 0.516. The van der Waals surface area contributed by atoms with Crippen LogP contribution in [0.15, 0.2) is 30.3 Å². The lowest BCUT2D eigenvalue weighted by molar-refractivity contribution is -0.124. The van der Waals surface area contributed by atoms with Crippen LogP contribution in [-0.4, -0.2) is 29.1 Å². The molecule has 0 aliphatic carbocycles. The number of benzene rings is 2. The minimum absolute atomic E-state index is 0.191. The first-order valence-corrected chi connectivity index (χ1v) is 9.48. The number of carbonyl (C=O) groups is 2. The van der Waals surface area contributed by atoms with Crippen LogP contribution in [0.1, 0.15) is 28.4 Å². The van der Waals surface area contributed by atoms with Gasteiger partial charge in [0.05, 0.1) is 26.7 Å². The second kappa shape index (κ2) is 9.81. The van der Waals surface area contributed by atoms with E-state index >= 15 is 0 Å². The number of aliphatic hydroxyl groups excluding tert-OH is 1. The molecule has 2 aromatic rings. The van der Waals surface area contributed by atoms with Crippen LogP contribution < -0.4 is 16.2 Å². The molecular weight excluding hydrogens is 439 g/mol. The monoisotopic (exact) mass is 454 g/mol. The predicted octanol–water partition coefficient (Wildman–Crippen LogP) is 3.45. The molecule has 29 heavy (non-hydrogen) atoms. The fraction of sp³-hybridized carbons (Fsp3) is 0.211. The topological polar surface area (TPSA) is 114 Å². The summed E-state index contributed by atoms with van der Waals surface area (Å²) in [5.74, 6) is -1.30. The second-order valence-corrected chi connectivity index (χ2v) is 7.34. The largest absolute Gasteiger partial charge is 0.391 e. The lowest BCUT2D eigenvalue weighted by Crippen LogP contribution is -2.52. The number of hydrogen-bond donors (Lipinski definition) is 4. The van der Waals surface area contributed by atoms with E-state index in [0.717, 1.165) is 0 Å². The predicted molar refractivity (Wildman–Crippen MR) is 112 cm³/mol. The fourth-order valence-corrected chi connectivity index (χ4v) is 2.91. The van der Waals surface area contributed by atoms with Crippen LogP contribution in [0, 0.1) is 18.3 Å². The molecule has 0 saturated heterocycles. The van der Waals surface area contributed by atoms with Crippen molar-refractivity contribution in [3.63, 3.8) is 0 Å². The lowest BCUT2D eigenvalue weighted by atomic mass is 10.1. The molecule has 152 valence electrons. The van der Waals surface area contributed by atoms with Gasteiger partial charge in [-0.25, -0.2) is 0 Å². The summed E-state index contributed by atoms with van der Waals surface area (Å²) in [7, 11) is 0. The molecule has 0 fully saturated rings. The van der Waals surface area contributed by atoms with Crippen molar-refractivity contribution in [1.82, 2.24) is 10.9 Å². The van der Waals surface area contributed by atoms with Crippen molar-refractivity contribution in [3.8, 4) is 6.07 Å². The number of anilines is 1. The van der Waals surface area contributed by atoms with Gasteiger partial charge in [-0.1, -0.05) is 34.8 Å². The summed E-state index contributed by atoms with van der Waals surface area (Å²) in [5.41, 5.74) is 5.99. The smallest absolute Gasteiger partial charge is 0.269 e. The maximum absolute atomic E-state index is 12.5. The Morgan fingerprint density at radius 2 is 1.79 bits per heavy atom. The Balaban J connectivity index is 2.10. The number of hydrazine groups is 1. The van der Waals surface area contributed by atoms with Gasteiger partial charge in [0.15, 0.2) is 0 Å². The molecule has 0 spiro atoms. The summed E-state index contributed by atoms with van der Waals surface area (Å²) in [4.78, 5) is 24.7. The Kier molecular flexibility index (Phi) is 7.71. The summed E-state index contributed by atoms with van der Waals surface area (Å²) < 4.78 is 0. The van der Waals surface area contributed by atoms with E-state index in [4.69, 9.17) is 40.1 Å². The molecule has 7 nitrogen and oxygen atoms in total. The number of rotatable bonds is 5. The first-order chi connectivity index (χ1) is 13.6. The molecule has 2 rings (SSSR count). The number of hydrogen-bond acceptors (Lipinski definition) is 5. The highest BCUT2D eigenvalue weighted by atomic mass is 35.5. The van der Waals surface area contributed by atoms with Crippen LogP contribution in [0.3, 0.4) is 0 Å². The van der Waals surface area contributed by atoms with Crippen LogP contribution in [0.25, 0.3) is 0 Å². The van der Waals surface area contributed by atoms with Gasteiger partial charge in [-0.15, -0.1) is 0 Å². The van der Waals surface area contributed by atoms with Gasteiger partial charge in [0.2, 0.25) is 0 Å². The Morgan fingerprint density at radius 1 is 1.10 bits per heavy atom. The van der Waals surface area contributed by atoms with E-state index < -0.39 is 24.0 Å². The van der Waals surface area contributed by atoms with Crippen molar-refractivity contribution in [3.05, 3.63) is 62.1 Å². The zero-order chi connectivity index (χ0) is 21.7. The van der Waals surface area contributed by atoms with E-state index in [9.17, 15) is 14.7 Å². The summed E-state index contributed by atoms with van der Waals surface area (Å²) in [5, 5.41) is 22.6. The van der Waals surface area contributed by atoms with Gasteiger partial charge >= 0.3 is 0 Å². The molecule has 2 aromatic carbocycles. The average molecular weight is 456 g/mol.